The minimum Gasteiger partial charge on any atom is -0.339 e. The number of hydrogen-bond donors (Lipinski definition) is 0. The summed E-state index contributed by atoms with van der Waals surface area (Å²) in [5, 5.41) is 0. The van der Waals surface area contributed by atoms with Crippen LogP contribution in [0.4, 0.5) is 0 Å². The van der Waals surface area contributed by atoms with E-state index in [0.29, 0.717) is 17.8 Å². The maximum atomic E-state index is 12.3. The number of nitrogens with zero attached hydrogens (tertiary/aromatic N) is 1. The predicted molar refractivity (Wildman–Crippen MR) is 70.3 cm³/mol. The average Bonchev–Trinajstić information content (AvgIpc) is 3.20. The van der Waals surface area contributed by atoms with Crippen LogP contribution in [0.15, 0.2) is 24.3 Å². The van der Waals surface area contributed by atoms with Crippen molar-refractivity contribution < 1.29 is 4.79 Å². The first-order valence-corrected chi connectivity index (χ1v) is 6.59. The fourth-order valence-electron chi connectivity index (χ4n) is 2.07. The molecule has 92 valence electrons. The summed E-state index contributed by atoms with van der Waals surface area (Å²) in [5.41, 5.74) is 1.73. The molecule has 0 heterocycles. The van der Waals surface area contributed by atoms with Gasteiger partial charge in [-0.2, -0.15) is 0 Å². The Kier molecular flexibility index (Phi) is 3.72. The minimum absolute atomic E-state index is 0.0939. The fourth-order valence-corrected chi connectivity index (χ4v) is 2.24. The number of hydrogen-bond acceptors (Lipinski definition) is 1. The summed E-state index contributed by atoms with van der Waals surface area (Å²) in [6, 6.07) is 7.90. The Morgan fingerprint density at radius 3 is 2.82 bits per heavy atom. The molecule has 0 aliphatic heterocycles. The minimum atomic E-state index is 0.0939. The lowest BCUT2D eigenvalue weighted by atomic mass is 10.1. The molecule has 0 aromatic heterocycles. The predicted octanol–water partition coefficient (Wildman–Crippen LogP) is 3.30. The van der Waals surface area contributed by atoms with Crippen LogP contribution < -0.4 is 0 Å². The molecular formula is C14H18ClNO. The molecule has 1 fully saturated rings. The highest BCUT2D eigenvalue weighted by molar-refractivity contribution is 6.17. The second kappa shape index (κ2) is 5.09. The summed E-state index contributed by atoms with van der Waals surface area (Å²) < 4.78 is 0. The smallest absolute Gasteiger partial charge is 0.253 e. The van der Waals surface area contributed by atoms with Gasteiger partial charge < -0.3 is 4.90 Å². The van der Waals surface area contributed by atoms with E-state index < -0.39 is 0 Å². The molecule has 1 aromatic carbocycles. The number of rotatable bonds is 4. The monoisotopic (exact) mass is 251 g/mol. The third kappa shape index (κ3) is 2.81. The van der Waals surface area contributed by atoms with Crippen molar-refractivity contribution in [3.05, 3.63) is 35.4 Å². The number of alkyl halides is 1. The zero-order valence-electron chi connectivity index (χ0n) is 10.3. The first kappa shape index (κ1) is 12.4. The number of benzene rings is 1. The van der Waals surface area contributed by atoms with Crippen molar-refractivity contribution in [2.45, 2.75) is 31.7 Å². The summed E-state index contributed by atoms with van der Waals surface area (Å²) in [6.07, 6.45) is 2.50. The van der Waals surface area contributed by atoms with E-state index in [1.54, 1.807) is 0 Å². The molecule has 17 heavy (non-hydrogen) atoms. The SMILES string of the molecule is CC(C1CC1)N(C)C(=O)c1cccc(CCl)c1. The molecule has 1 amide bonds. The van der Waals surface area contributed by atoms with E-state index in [1.807, 2.05) is 36.2 Å². The highest BCUT2D eigenvalue weighted by atomic mass is 35.5. The van der Waals surface area contributed by atoms with Crippen molar-refractivity contribution in [2.75, 3.05) is 7.05 Å². The Bertz CT molecular complexity index is 414. The summed E-state index contributed by atoms with van der Waals surface area (Å²) in [4.78, 5) is 14.1. The van der Waals surface area contributed by atoms with E-state index in [9.17, 15) is 4.79 Å². The van der Waals surface area contributed by atoms with Crippen LogP contribution in [0.1, 0.15) is 35.7 Å². The van der Waals surface area contributed by atoms with Crippen LogP contribution in [0.2, 0.25) is 0 Å². The maximum absolute atomic E-state index is 12.3. The van der Waals surface area contributed by atoms with Gasteiger partial charge in [0.25, 0.3) is 5.91 Å². The molecule has 1 unspecified atom stereocenters. The van der Waals surface area contributed by atoms with E-state index in [-0.39, 0.29) is 5.91 Å². The molecule has 1 aliphatic carbocycles. The van der Waals surface area contributed by atoms with Gasteiger partial charge >= 0.3 is 0 Å². The van der Waals surface area contributed by atoms with Crippen molar-refractivity contribution in [1.82, 2.24) is 4.90 Å². The lowest BCUT2D eigenvalue weighted by Crippen LogP contribution is -2.36. The van der Waals surface area contributed by atoms with Gasteiger partial charge in [-0.3, -0.25) is 4.79 Å². The van der Waals surface area contributed by atoms with Gasteiger partial charge in [0.05, 0.1) is 0 Å². The van der Waals surface area contributed by atoms with Gasteiger partial charge in [-0.25, -0.2) is 0 Å². The van der Waals surface area contributed by atoms with Gasteiger partial charge in [-0.15, -0.1) is 11.6 Å². The number of amides is 1. The third-order valence-electron chi connectivity index (χ3n) is 3.56. The molecule has 1 aliphatic rings. The molecule has 0 radical (unpaired) electrons. The van der Waals surface area contributed by atoms with E-state index in [0.717, 1.165) is 11.1 Å². The van der Waals surface area contributed by atoms with Crippen molar-refractivity contribution in [3.63, 3.8) is 0 Å². The van der Waals surface area contributed by atoms with Crippen LogP contribution in [-0.2, 0) is 5.88 Å². The van der Waals surface area contributed by atoms with Gasteiger partial charge in [-0.05, 0) is 43.4 Å². The van der Waals surface area contributed by atoms with E-state index in [2.05, 4.69) is 6.92 Å². The molecule has 1 aromatic rings. The summed E-state index contributed by atoms with van der Waals surface area (Å²) in [5.74, 6) is 1.24. The number of carbonyl (C=O) groups excluding carboxylic acids is 1. The van der Waals surface area contributed by atoms with Crippen LogP contribution in [0.3, 0.4) is 0 Å². The highest BCUT2D eigenvalue weighted by Crippen LogP contribution is 2.35. The van der Waals surface area contributed by atoms with E-state index in [1.165, 1.54) is 12.8 Å². The third-order valence-corrected chi connectivity index (χ3v) is 3.87. The number of carbonyl (C=O) groups is 1. The Balaban J connectivity index is 2.11. The Morgan fingerprint density at radius 1 is 1.53 bits per heavy atom. The summed E-state index contributed by atoms with van der Waals surface area (Å²) >= 11 is 5.78. The largest absolute Gasteiger partial charge is 0.339 e. The quantitative estimate of drug-likeness (QED) is 0.752. The molecule has 0 saturated heterocycles. The second-order valence-electron chi connectivity index (χ2n) is 4.83. The molecule has 1 atom stereocenters. The first-order valence-electron chi connectivity index (χ1n) is 6.05. The lowest BCUT2D eigenvalue weighted by molar-refractivity contribution is 0.0727. The zero-order valence-corrected chi connectivity index (χ0v) is 11.1. The van der Waals surface area contributed by atoms with Crippen LogP contribution in [0.25, 0.3) is 0 Å². The molecule has 2 rings (SSSR count). The standard InChI is InChI=1S/C14H18ClNO/c1-10(12-6-7-12)16(2)14(17)13-5-3-4-11(8-13)9-15/h3-5,8,10,12H,6-7,9H2,1-2H3. The van der Waals surface area contributed by atoms with Crippen LogP contribution in [-0.4, -0.2) is 23.9 Å². The Labute approximate surface area is 108 Å². The molecule has 0 bridgehead atoms. The second-order valence-corrected chi connectivity index (χ2v) is 5.10. The molecular weight excluding hydrogens is 234 g/mol. The van der Waals surface area contributed by atoms with Gasteiger partial charge in [0.2, 0.25) is 0 Å². The molecule has 0 spiro atoms. The Morgan fingerprint density at radius 2 is 2.24 bits per heavy atom. The first-order chi connectivity index (χ1) is 8.13. The maximum Gasteiger partial charge on any atom is 0.253 e. The lowest BCUT2D eigenvalue weighted by Gasteiger charge is -2.25. The van der Waals surface area contributed by atoms with Gasteiger partial charge in [0.1, 0.15) is 0 Å². The Hall–Kier alpha value is -1.02. The van der Waals surface area contributed by atoms with Crippen molar-refractivity contribution in [2.24, 2.45) is 5.92 Å². The zero-order chi connectivity index (χ0) is 12.4. The van der Waals surface area contributed by atoms with E-state index >= 15 is 0 Å². The van der Waals surface area contributed by atoms with Crippen LogP contribution >= 0.6 is 11.6 Å². The molecule has 2 nitrogen and oxygen atoms in total. The van der Waals surface area contributed by atoms with Crippen molar-refractivity contribution in [3.8, 4) is 0 Å². The highest BCUT2D eigenvalue weighted by Gasteiger charge is 2.32. The van der Waals surface area contributed by atoms with Crippen molar-refractivity contribution in [1.29, 1.82) is 0 Å². The van der Waals surface area contributed by atoms with Gasteiger partial charge in [0, 0.05) is 24.5 Å². The summed E-state index contributed by atoms with van der Waals surface area (Å²) in [7, 11) is 1.89. The molecule has 3 heteroatoms. The fraction of sp³-hybridized carbons (Fsp3) is 0.500. The molecule has 1 saturated carbocycles. The van der Waals surface area contributed by atoms with Gasteiger partial charge in [0.15, 0.2) is 0 Å². The number of halogens is 1. The normalized spacial score (nSPS) is 16.6. The van der Waals surface area contributed by atoms with Crippen LogP contribution in [0.5, 0.6) is 0 Å². The average molecular weight is 252 g/mol. The topological polar surface area (TPSA) is 20.3 Å². The molecule has 0 N–H and O–H groups in total. The van der Waals surface area contributed by atoms with Crippen molar-refractivity contribution >= 4 is 17.5 Å². The van der Waals surface area contributed by atoms with Crippen LogP contribution in [0, 0.1) is 5.92 Å². The van der Waals surface area contributed by atoms with Gasteiger partial charge in [-0.1, -0.05) is 12.1 Å². The summed E-state index contributed by atoms with van der Waals surface area (Å²) in [6.45, 7) is 2.13. The van der Waals surface area contributed by atoms with E-state index in [4.69, 9.17) is 11.6 Å².